The number of aryl methyl sites for hydroxylation is 1. The maximum Gasteiger partial charge on any atom is 0.256 e. The minimum absolute atomic E-state index is 0.194. The van der Waals surface area contributed by atoms with Crippen LogP contribution in [-0.4, -0.2) is 31.5 Å². The molecule has 0 unspecified atom stereocenters. The first-order valence-corrected chi connectivity index (χ1v) is 10.3. The van der Waals surface area contributed by atoms with Crippen molar-refractivity contribution >= 4 is 28.6 Å². The van der Waals surface area contributed by atoms with Gasteiger partial charge in [-0.1, -0.05) is 30.3 Å². The van der Waals surface area contributed by atoms with E-state index in [1.165, 1.54) is 0 Å². The molecule has 3 N–H and O–H groups in total. The van der Waals surface area contributed by atoms with E-state index in [0.717, 1.165) is 16.7 Å². The Kier molecular flexibility index (Phi) is 5.48. The molecule has 2 heterocycles. The Labute approximate surface area is 186 Å². The normalized spacial score (nSPS) is 11.4. The van der Waals surface area contributed by atoms with Crippen LogP contribution in [0.3, 0.4) is 0 Å². The third-order valence-corrected chi connectivity index (χ3v) is 4.90. The summed E-state index contributed by atoms with van der Waals surface area (Å²) in [6.45, 7) is 7.91. The summed E-state index contributed by atoms with van der Waals surface area (Å²) in [7, 11) is 0. The first kappa shape index (κ1) is 21.2. The van der Waals surface area contributed by atoms with Crippen molar-refractivity contribution in [3.05, 3.63) is 72.1 Å². The van der Waals surface area contributed by atoms with E-state index in [-0.39, 0.29) is 17.2 Å². The minimum Gasteiger partial charge on any atom is -0.508 e. The van der Waals surface area contributed by atoms with Gasteiger partial charge in [0.05, 0.1) is 10.9 Å². The fourth-order valence-corrected chi connectivity index (χ4v) is 3.27. The van der Waals surface area contributed by atoms with Crippen LogP contribution < -0.4 is 10.6 Å². The number of nitrogens with zero attached hydrogens (tertiary/aromatic N) is 3. The van der Waals surface area contributed by atoms with Crippen molar-refractivity contribution in [2.24, 2.45) is 0 Å². The summed E-state index contributed by atoms with van der Waals surface area (Å²) in [5.74, 6) is 0.765. The van der Waals surface area contributed by atoms with Crippen LogP contribution in [0.5, 0.6) is 5.75 Å². The van der Waals surface area contributed by atoms with E-state index in [0.29, 0.717) is 28.2 Å². The van der Waals surface area contributed by atoms with Gasteiger partial charge >= 0.3 is 0 Å². The van der Waals surface area contributed by atoms with E-state index >= 15 is 0 Å². The van der Waals surface area contributed by atoms with E-state index < -0.39 is 0 Å². The number of phenols is 1. The SMILES string of the molecule is Cc1ccc(-c2cnc(NC(=O)c3ccccc3)c3cnc(NC(C)(C)C)nc23)cc1O. The van der Waals surface area contributed by atoms with E-state index in [1.54, 1.807) is 42.7 Å². The van der Waals surface area contributed by atoms with Crippen molar-refractivity contribution in [3.8, 4) is 16.9 Å². The van der Waals surface area contributed by atoms with Crippen molar-refractivity contribution < 1.29 is 9.90 Å². The molecule has 7 nitrogen and oxygen atoms in total. The summed E-state index contributed by atoms with van der Waals surface area (Å²) in [5, 5.41) is 17.0. The molecule has 1 amide bonds. The molecule has 0 aliphatic rings. The topological polar surface area (TPSA) is 100 Å². The van der Waals surface area contributed by atoms with Gasteiger partial charge in [-0.15, -0.1) is 0 Å². The van der Waals surface area contributed by atoms with E-state index in [2.05, 4.69) is 20.6 Å². The maximum absolute atomic E-state index is 12.7. The van der Waals surface area contributed by atoms with Crippen LogP contribution in [0.4, 0.5) is 11.8 Å². The molecule has 0 saturated heterocycles. The Morgan fingerprint density at radius 3 is 2.44 bits per heavy atom. The average Bonchev–Trinajstić information content (AvgIpc) is 2.75. The average molecular weight is 428 g/mol. The van der Waals surface area contributed by atoms with Gasteiger partial charge in [0.25, 0.3) is 5.91 Å². The van der Waals surface area contributed by atoms with Gasteiger partial charge in [-0.25, -0.2) is 15.0 Å². The second kappa shape index (κ2) is 8.26. The zero-order valence-corrected chi connectivity index (χ0v) is 18.5. The predicted octanol–water partition coefficient (Wildman–Crippen LogP) is 5.17. The lowest BCUT2D eigenvalue weighted by Crippen LogP contribution is -2.27. The van der Waals surface area contributed by atoms with Gasteiger partial charge in [0, 0.05) is 29.1 Å². The molecule has 4 aromatic rings. The standard InChI is InChI=1S/C25H25N5O2/c1-15-10-11-17(12-20(15)31)18-13-26-22(29-23(32)16-8-6-5-7-9-16)19-14-27-24(28-21(18)19)30-25(2,3)4/h5-14,31H,1-4H3,(H,26,29,32)(H,27,28,30). The molecule has 0 atom stereocenters. The molecule has 0 saturated carbocycles. The van der Waals surface area contributed by atoms with Gasteiger partial charge in [-0.2, -0.15) is 0 Å². The van der Waals surface area contributed by atoms with Crippen LogP contribution in [0, 0.1) is 6.92 Å². The number of hydrogen-bond donors (Lipinski definition) is 3. The molecular formula is C25H25N5O2. The Bertz CT molecular complexity index is 1300. The maximum atomic E-state index is 12.7. The van der Waals surface area contributed by atoms with Crippen LogP contribution >= 0.6 is 0 Å². The zero-order chi connectivity index (χ0) is 22.9. The number of carbonyl (C=O) groups is 1. The van der Waals surface area contributed by atoms with Crippen molar-refractivity contribution in [2.45, 2.75) is 33.2 Å². The monoisotopic (exact) mass is 427 g/mol. The molecular weight excluding hydrogens is 402 g/mol. The second-order valence-electron chi connectivity index (χ2n) is 8.67. The highest BCUT2D eigenvalue weighted by molar-refractivity contribution is 6.09. The van der Waals surface area contributed by atoms with E-state index in [1.807, 2.05) is 45.9 Å². The zero-order valence-electron chi connectivity index (χ0n) is 18.5. The highest BCUT2D eigenvalue weighted by Crippen LogP contribution is 2.33. The smallest absolute Gasteiger partial charge is 0.256 e. The number of rotatable bonds is 4. The number of pyridine rings is 1. The number of benzene rings is 2. The highest BCUT2D eigenvalue weighted by atomic mass is 16.3. The Balaban J connectivity index is 1.84. The largest absolute Gasteiger partial charge is 0.508 e. The van der Waals surface area contributed by atoms with Gasteiger partial charge in [-0.05, 0) is 57.0 Å². The van der Waals surface area contributed by atoms with Crippen molar-refractivity contribution in [3.63, 3.8) is 0 Å². The van der Waals surface area contributed by atoms with Crippen molar-refractivity contribution in [2.75, 3.05) is 10.6 Å². The summed E-state index contributed by atoms with van der Waals surface area (Å²) in [6.07, 6.45) is 3.31. The highest BCUT2D eigenvalue weighted by Gasteiger charge is 2.17. The van der Waals surface area contributed by atoms with Crippen molar-refractivity contribution in [1.29, 1.82) is 0 Å². The Morgan fingerprint density at radius 2 is 1.75 bits per heavy atom. The first-order chi connectivity index (χ1) is 15.2. The number of nitrogens with one attached hydrogen (secondary N) is 2. The van der Waals surface area contributed by atoms with Crippen molar-refractivity contribution in [1.82, 2.24) is 15.0 Å². The number of fused-ring (bicyclic) bond motifs is 1. The fourth-order valence-electron chi connectivity index (χ4n) is 3.27. The van der Waals surface area contributed by atoms with Crippen LogP contribution in [0.25, 0.3) is 22.0 Å². The third-order valence-electron chi connectivity index (χ3n) is 4.90. The van der Waals surface area contributed by atoms with Crippen LogP contribution in [0.1, 0.15) is 36.7 Å². The van der Waals surface area contributed by atoms with Crippen LogP contribution in [0.15, 0.2) is 60.9 Å². The lowest BCUT2D eigenvalue weighted by molar-refractivity contribution is 0.102. The number of aromatic hydroxyl groups is 1. The number of carbonyl (C=O) groups excluding carboxylic acids is 1. The first-order valence-electron chi connectivity index (χ1n) is 10.3. The van der Waals surface area contributed by atoms with Crippen LogP contribution in [0.2, 0.25) is 0 Å². The summed E-state index contributed by atoms with van der Waals surface area (Å²) in [5.41, 5.74) is 3.20. The lowest BCUT2D eigenvalue weighted by atomic mass is 10.0. The van der Waals surface area contributed by atoms with E-state index in [4.69, 9.17) is 4.98 Å². The molecule has 0 aliphatic carbocycles. The Hall–Kier alpha value is -4.00. The molecule has 0 bridgehead atoms. The van der Waals surface area contributed by atoms with Gasteiger partial charge in [0.1, 0.15) is 11.6 Å². The van der Waals surface area contributed by atoms with Gasteiger partial charge in [-0.3, -0.25) is 4.79 Å². The number of aromatic nitrogens is 3. The molecule has 0 aliphatic heterocycles. The predicted molar refractivity (Wildman–Crippen MR) is 127 cm³/mol. The van der Waals surface area contributed by atoms with Gasteiger partial charge in [0.2, 0.25) is 5.95 Å². The summed E-state index contributed by atoms with van der Waals surface area (Å²) < 4.78 is 0. The van der Waals surface area contributed by atoms with Gasteiger partial charge in [0.15, 0.2) is 0 Å². The minimum atomic E-state index is -0.267. The summed E-state index contributed by atoms with van der Waals surface area (Å²) >= 11 is 0. The van der Waals surface area contributed by atoms with Crippen LogP contribution in [-0.2, 0) is 0 Å². The molecule has 162 valence electrons. The quantitative estimate of drug-likeness (QED) is 0.416. The number of phenolic OH excluding ortho intramolecular Hbond substituents is 1. The second-order valence-corrected chi connectivity index (χ2v) is 8.67. The summed E-state index contributed by atoms with van der Waals surface area (Å²) in [6, 6.07) is 14.4. The number of amides is 1. The molecule has 4 rings (SSSR count). The van der Waals surface area contributed by atoms with E-state index in [9.17, 15) is 9.90 Å². The lowest BCUT2D eigenvalue weighted by Gasteiger charge is -2.21. The Morgan fingerprint density at radius 1 is 1.00 bits per heavy atom. The molecule has 2 aromatic heterocycles. The molecule has 0 radical (unpaired) electrons. The molecule has 32 heavy (non-hydrogen) atoms. The number of hydrogen-bond acceptors (Lipinski definition) is 6. The molecule has 2 aromatic carbocycles. The third kappa shape index (κ3) is 4.51. The molecule has 0 fully saturated rings. The number of anilines is 2. The molecule has 7 heteroatoms. The summed E-state index contributed by atoms with van der Waals surface area (Å²) in [4.78, 5) is 26.4. The molecule has 0 spiro atoms. The fraction of sp³-hybridized carbons (Fsp3) is 0.200. The van der Waals surface area contributed by atoms with Gasteiger partial charge < -0.3 is 15.7 Å².